The maximum atomic E-state index is 5.78. The van der Waals surface area contributed by atoms with Crippen molar-refractivity contribution in [1.82, 2.24) is 25.3 Å². The molecule has 2 N–H and O–H groups in total. The molecule has 0 bridgehead atoms. The van der Waals surface area contributed by atoms with Crippen LogP contribution in [-0.4, -0.2) is 44.9 Å². The zero-order valence-corrected chi connectivity index (χ0v) is 11.0. The van der Waals surface area contributed by atoms with E-state index in [1.54, 1.807) is 0 Å². The Kier molecular flexibility index (Phi) is 3.42. The number of aromatic nitrogens is 5. The molecule has 0 aromatic carbocycles. The third kappa shape index (κ3) is 2.56. The number of anilines is 1. The highest BCUT2D eigenvalue weighted by atomic mass is 15.6. The Morgan fingerprint density at radius 1 is 1.39 bits per heavy atom. The second-order valence-electron chi connectivity index (χ2n) is 5.10. The van der Waals surface area contributed by atoms with Gasteiger partial charge >= 0.3 is 0 Å². The lowest BCUT2D eigenvalue weighted by molar-refractivity contribution is 0.378. The van der Waals surface area contributed by atoms with Crippen LogP contribution in [0.1, 0.15) is 20.8 Å². The lowest BCUT2D eigenvalue weighted by Gasteiger charge is -2.31. The van der Waals surface area contributed by atoms with Crippen molar-refractivity contribution in [2.75, 3.05) is 24.5 Å². The summed E-state index contributed by atoms with van der Waals surface area (Å²) in [5, 5.41) is 15.6. The summed E-state index contributed by atoms with van der Waals surface area (Å²) < 4.78 is 1.44. The second-order valence-corrected chi connectivity index (χ2v) is 5.10. The maximum Gasteiger partial charge on any atom is 0.200 e. The number of nitrogens with two attached hydrogens (primary N) is 1. The number of rotatable bonds is 5. The van der Waals surface area contributed by atoms with Gasteiger partial charge in [-0.25, -0.2) is 0 Å². The minimum absolute atomic E-state index is 0.0489. The third-order valence-electron chi connectivity index (χ3n) is 2.93. The van der Waals surface area contributed by atoms with E-state index in [4.69, 9.17) is 5.73 Å². The monoisotopic (exact) mass is 249 g/mol. The van der Waals surface area contributed by atoms with Crippen molar-refractivity contribution in [3.8, 4) is 0 Å². The van der Waals surface area contributed by atoms with Crippen molar-refractivity contribution in [3.63, 3.8) is 0 Å². The lowest BCUT2D eigenvalue weighted by atomic mass is 9.93. The molecule has 0 unspecified atom stereocenters. The molecule has 0 aliphatic carbocycles. The Morgan fingerprint density at radius 2 is 2.17 bits per heavy atom. The highest BCUT2D eigenvalue weighted by Crippen LogP contribution is 2.19. The molecule has 18 heavy (non-hydrogen) atoms. The van der Waals surface area contributed by atoms with Crippen LogP contribution in [-0.2, 0) is 0 Å². The van der Waals surface area contributed by atoms with Crippen LogP contribution in [0, 0.1) is 5.41 Å². The van der Waals surface area contributed by atoms with E-state index in [1.165, 1.54) is 4.63 Å². The smallest absolute Gasteiger partial charge is 0.200 e. The van der Waals surface area contributed by atoms with Crippen LogP contribution < -0.4 is 10.6 Å². The summed E-state index contributed by atoms with van der Waals surface area (Å²) in [6, 6.07) is 3.79. The van der Waals surface area contributed by atoms with Gasteiger partial charge in [0.2, 0.25) is 0 Å². The molecule has 0 saturated carbocycles. The fraction of sp³-hybridized carbons (Fsp3) is 0.636. The van der Waals surface area contributed by atoms with E-state index < -0.39 is 0 Å². The second kappa shape index (κ2) is 4.85. The van der Waals surface area contributed by atoms with Crippen LogP contribution in [0.3, 0.4) is 0 Å². The first-order valence-electron chi connectivity index (χ1n) is 6.06. The van der Waals surface area contributed by atoms with Gasteiger partial charge in [-0.05, 0) is 41.4 Å². The Bertz CT molecular complexity index is 519. The van der Waals surface area contributed by atoms with Gasteiger partial charge in [0.05, 0.1) is 0 Å². The van der Waals surface area contributed by atoms with Crippen molar-refractivity contribution in [2.24, 2.45) is 11.1 Å². The van der Waals surface area contributed by atoms with E-state index in [2.05, 4.69) is 46.3 Å². The topological polar surface area (TPSA) is 85.2 Å². The van der Waals surface area contributed by atoms with E-state index in [0.29, 0.717) is 12.2 Å². The van der Waals surface area contributed by atoms with Crippen molar-refractivity contribution < 1.29 is 0 Å². The molecule has 0 radical (unpaired) electrons. The van der Waals surface area contributed by atoms with Crippen molar-refractivity contribution >= 4 is 11.5 Å². The van der Waals surface area contributed by atoms with Crippen LogP contribution in [0.5, 0.6) is 0 Å². The van der Waals surface area contributed by atoms with Gasteiger partial charge in [0.25, 0.3) is 0 Å². The Morgan fingerprint density at radius 3 is 2.83 bits per heavy atom. The summed E-state index contributed by atoms with van der Waals surface area (Å²) >= 11 is 0. The zero-order chi connectivity index (χ0) is 13.2. The molecular weight excluding hydrogens is 230 g/mol. The first-order valence-corrected chi connectivity index (χ1v) is 6.06. The number of tetrazole rings is 1. The molecule has 0 atom stereocenters. The van der Waals surface area contributed by atoms with E-state index in [0.717, 1.165) is 18.9 Å². The van der Waals surface area contributed by atoms with Crippen LogP contribution in [0.25, 0.3) is 5.65 Å². The molecule has 0 spiro atoms. The molecule has 0 aliphatic heterocycles. The van der Waals surface area contributed by atoms with Crippen LogP contribution in [0.2, 0.25) is 0 Å². The van der Waals surface area contributed by atoms with Crippen molar-refractivity contribution in [2.45, 2.75) is 20.8 Å². The largest absolute Gasteiger partial charge is 0.355 e. The first-order chi connectivity index (χ1) is 8.55. The molecule has 0 amide bonds. The molecule has 0 aliphatic rings. The number of hydrogen-bond donors (Lipinski definition) is 1. The summed E-state index contributed by atoms with van der Waals surface area (Å²) in [6.45, 7) is 8.73. The van der Waals surface area contributed by atoms with E-state index >= 15 is 0 Å². The van der Waals surface area contributed by atoms with E-state index in [-0.39, 0.29) is 5.41 Å². The fourth-order valence-corrected chi connectivity index (χ4v) is 1.74. The Balaban J connectivity index is 2.26. The highest BCUT2D eigenvalue weighted by Gasteiger charge is 2.20. The van der Waals surface area contributed by atoms with Gasteiger partial charge in [0.15, 0.2) is 11.5 Å². The fourth-order valence-electron chi connectivity index (χ4n) is 1.74. The molecule has 2 aromatic heterocycles. The van der Waals surface area contributed by atoms with Gasteiger partial charge in [-0.1, -0.05) is 13.8 Å². The molecule has 2 aromatic rings. The lowest BCUT2D eigenvalue weighted by Crippen LogP contribution is -2.39. The SMILES string of the molecule is CCN(CC(C)(C)CN)c1ccc2nnnn2n1. The van der Waals surface area contributed by atoms with Crippen LogP contribution in [0.15, 0.2) is 12.1 Å². The molecule has 0 fully saturated rings. The summed E-state index contributed by atoms with van der Waals surface area (Å²) in [6.07, 6.45) is 0. The van der Waals surface area contributed by atoms with Crippen molar-refractivity contribution in [3.05, 3.63) is 12.1 Å². The predicted octanol–water partition coefficient (Wildman–Crippen LogP) is 0.330. The number of fused-ring (bicyclic) bond motifs is 1. The van der Waals surface area contributed by atoms with Crippen molar-refractivity contribution in [1.29, 1.82) is 0 Å². The number of hydrogen-bond acceptors (Lipinski definition) is 6. The normalized spacial score (nSPS) is 12.0. The van der Waals surface area contributed by atoms with Crippen LogP contribution >= 0.6 is 0 Å². The zero-order valence-electron chi connectivity index (χ0n) is 11.0. The number of nitrogens with zero attached hydrogens (tertiary/aromatic N) is 6. The van der Waals surface area contributed by atoms with E-state index in [9.17, 15) is 0 Å². The molecule has 2 heterocycles. The average Bonchev–Trinajstić information content (AvgIpc) is 2.83. The standard InChI is InChI=1S/C11H19N7/c1-4-17(8-11(2,3)7-12)10-6-5-9-13-15-16-18(9)14-10/h5-6H,4,7-8,12H2,1-3H3. The average molecular weight is 249 g/mol. The molecule has 7 nitrogen and oxygen atoms in total. The van der Waals surface area contributed by atoms with Gasteiger partial charge in [-0.3, -0.25) is 0 Å². The third-order valence-corrected chi connectivity index (χ3v) is 2.93. The molecule has 98 valence electrons. The van der Waals surface area contributed by atoms with Gasteiger partial charge in [0.1, 0.15) is 0 Å². The Hall–Kier alpha value is -1.76. The van der Waals surface area contributed by atoms with E-state index in [1.807, 2.05) is 12.1 Å². The van der Waals surface area contributed by atoms with Gasteiger partial charge in [0, 0.05) is 13.1 Å². The van der Waals surface area contributed by atoms with Gasteiger partial charge in [-0.15, -0.1) is 14.8 Å². The summed E-state index contributed by atoms with van der Waals surface area (Å²) in [7, 11) is 0. The predicted molar refractivity (Wildman–Crippen MR) is 69.3 cm³/mol. The first kappa shape index (κ1) is 12.7. The summed E-state index contributed by atoms with van der Waals surface area (Å²) in [5.41, 5.74) is 6.47. The quantitative estimate of drug-likeness (QED) is 0.822. The molecule has 7 heteroatoms. The molecular formula is C11H19N7. The maximum absolute atomic E-state index is 5.78. The summed E-state index contributed by atoms with van der Waals surface area (Å²) in [5.74, 6) is 0.860. The van der Waals surface area contributed by atoms with Crippen LogP contribution in [0.4, 0.5) is 5.82 Å². The summed E-state index contributed by atoms with van der Waals surface area (Å²) in [4.78, 5) is 2.17. The van der Waals surface area contributed by atoms with Gasteiger partial charge < -0.3 is 10.6 Å². The van der Waals surface area contributed by atoms with Gasteiger partial charge in [-0.2, -0.15) is 0 Å². The minimum Gasteiger partial charge on any atom is -0.355 e. The molecule has 0 saturated heterocycles. The highest BCUT2D eigenvalue weighted by molar-refractivity contribution is 5.44. The Labute approximate surface area is 106 Å². The minimum atomic E-state index is 0.0489. The molecule has 2 rings (SSSR count).